The molecule has 100 valence electrons. The highest BCUT2D eigenvalue weighted by Gasteiger charge is 2.35. The summed E-state index contributed by atoms with van der Waals surface area (Å²) in [6.07, 6.45) is 2.78. The molecule has 0 bridgehead atoms. The number of esters is 1. The van der Waals surface area contributed by atoms with Gasteiger partial charge in [-0.25, -0.2) is 0 Å². The van der Waals surface area contributed by atoms with Gasteiger partial charge in [-0.1, -0.05) is 0 Å². The van der Waals surface area contributed by atoms with E-state index in [4.69, 9.17) is 4.74 Å². The molecule has 2 aliphatic heterocycles. The molecule has 0 aromatic heterocycles. The zero-order chi connectivity index (χ0) is 13.1. The molecule has 2 heterocycles. The number of carbonyl (C=O) groups is 3. The Balaban J connectivity index is 1.94. The molecule has 0 spiro atoms. The Morgan fingerprint density at radius 1 is 1.33 bits per heavy atom. The number of carbonyl (C=O) groups excluding carboxylic acids is 3. The third-order valence-corrected chi connectivity index (χ3v) is 3.55. The van der Waals surface area contributed by atoms with Crippen LogP contribution in [0.4, 0.5) is 0 Å². The number of rotatable bonds is 3. The second-order valence-electron chi connectivity index (χ2n) is 4.69. The Kier molecular flexibility index (Phi) is 3.96. The molecule has 18 heavy (non-hydrogen) atoms. The summed E-state index contributed by atoms with van der Waals surface area (Å²) in [4.78, 5) is 38.1. The summed E-state index contributed by atoms with van der Waals surface area (Å²) in [6.45, 7) is 1.34. The number of likely N-dealkylation sites (tertiary alicyclic amines) is 2. The summed E-state index contributed by atoms with van der Waals surface area (Å²) in [6, 6.07) is -0.336. The minimum Gasteiger partial charge on any atom is -0.468 e. The van der Waals surface area contributed by atoms with Gasteiger partial charge in [-0.3, -0.25) is 24.2 Å². The van der Waals surface area contributed by atoms with Crippen LogP contribution in [0.3, 0.4) is 0 Å². The molecule has 0 aromatic carbocycles. The topological polar surface area (TPSA) is 66.9 Å². The number of nitrogens with zero attached hydrogens (tertiary/aromatic N) is 2. The molecule has 2 amide bonds. The lowest BCUT2D eigenvalue weighted by atomic mass is 10.2. The lowest BCUT2D eigenvalue weighted by Crippen LogP contribution is -2.45. The van der Waals surface area contributed by atoms with Crippen LogP contribution in [0.2, 0.25) is 0 Å². The first-order chi connectivity index (χ1) is 8.63. The Labute approximate surface area is 106 Å². The maximum absolute atomic E-state index is 12.0. The predicted molar refractivity (Wildman–Crippen MR) is 62.6 cm³/mol. The van der Waals surface area contributed by atoms with Crippen LogP contribution in [0.1, 0.15) is 25.7 Å². The molecular formula is C12H18N2O4. The second-order valence-corrected chi connectivity index (χ2v) is 4.69. The molecule has 0 aliphatic carbocycles. The molecule has 2 rings (SSSR count). The molecule has 6 heteroatoms. The maximum atomic E-state index is 12.0. The highest BCUT2D eigenvalue weighted by atomic mass is 16.5. The molecule has 2 saturated heterocycles. The van der Waals surface area contributed by atoms with Crippen molar-refractivity contribution in [3.63, 3.8) is 0 Å². The molecule has 0 saturated carbocycles. The van der Waals surface area contributed by atoms with Crippen molar-refractivity contribution in [3.05, 3.63) is 0 Å². The van der Waals surface area contributed by atoms with E-state index in [0.717, 1.165) is 12.8 Å². The molecule has 6 nitrogen and oxygen atoms in total. The van der Waals surface area contributed by atoms with Gasteiger partial charge in [0, 0.05) is 13.0 Å². The number of amides is 2. The van der Waals surface area contributed by atoms with Gasteiger partial charge in [0.05, 0.1) is 13.7 Å². The zero-order valence-electron chi connectivity index (χ0n) is 10.6. The number of imide groups is 1. The molecule has 2 fully saturated rings. The third kappa shape index (κ3) is 2.53. The molecule has 0 N–H and O–H groups in total. The maximum Gasteiger partial charge on any atom is 0.323 e. The van der Waals surface area contributed by atoms with Crippen LogP contribution >= 0.6 is 0 Å². The first kappa shape index (κ1) is 13.0. The van der Waals surface area contributed by atoms with Crippen molar-refractivity contribution in [1.82, 2.24) is 9.80 Å². The van der Waals surface area contributed by atoms with Crippen molar-refractivity contribution < 1.29 is 19.1 Å². The highest BCUT2D eigenvalue weighted by Crippen LogP contribution is 2.19. The van der Waals surface area contributed by atoms with Crippen molar-refractivity contribution in [3.8, 4) is 0 Å². The second kappa shape index (κ2) is 5.48. The average Bonchev–Trinajstić information content (AvgIpc) is 2.97. The molecule has 1 atom stereocenters. The lowest BCUT2D eigenvalue weighted by Gasteiger charge is -2.23. The van der Waals surface area contributed by atoms with Gasteiger partial charge in [-0.05, 0) is 25.8 Å². The molecule has 2 aliphatic rings. The van der Waals surface area contributed by atoms with E-state index >= 15 is 0 Å². The van der Waals surface area contributed by atoms with Crippen LogP contribution in [0.15, 0.2) is 0 Å². The Bertz CT molecular complexity index is 369. The van der Waals surface area contributed by atoms with Gasteiger partial charge in [0.15, 0.2) is 0 Å². The van der Waals surface area contributed by atoms with Crippen molar-refractivity contribution in [2.45, 2.75) is 31.7 Å². The summed E-state index contributed by atoms with van der Waals surface area (Å²) in [5.74, 6) is -0.602. The monoisotopic (exact) mass is 254 g/mol. The highest BCUT2D eigenvalue weighted by molar-refractivity contribution is 5.97. The van der Waals surface area contributed by atoms with Gasteiger partial charge in [-0.15, -0.1) is 0 Å². The smallest absolute Gasteiger partial charge is 0.323 e. The molecular weight excluding hydrogens is 236 g/mol. The Morgan fingerprint density at radius 2 is 2.11 bits per heavy atom. The first-order valence-corrected chi connectivity index (χ1v) is 6.28. The van der Waals surface area contributed by atoms with Crippen LogP contribution in [0.5, 0.6) is 0 Å². The summed E-state index contributed by atoms with van der Waals surface area (Å²) < 4.78 is 4.72. The SMILES string of the molecule is COC(=O)C1CCCN1CC(=O)N1CCCC1=O. The number of hydrogen-bond acceptors (Lipinski definition) is 5. The summed E-state index contributed by atoms with van der Waals surface area (Å²) >= 11 is 0. The van der Waals surface area contributed by atoms with E-state index in [9.17, 15) is 14.4 Å². The lowest BCUT2D eigenvalue weighted by molar-refractivity contribution is -0.147. The molecule has 0 aromatic rings. The van der Waals surface area contributed by atoms with Gasteiger partial charge in [-0.2, -0.15) is 0 Å². The third-order valence-electron chi connectivity index (χ3n) is 3.55. The van der Waals surface area contributed by atoms with E-state index in [1.54, 1.807) is 4.90 Å². The van der Waals surface area contributed by atoms with E-state index < -0.39 is 0 Å². The summed E-state index contributed by atoms with van der Waals surface area (Å²) in [5, 5.41) is 0. The Hall–Kier alpha value is -1.43. The minimum atomic E-state index is -0.336. The zero-order valence-corrected chi connectivity index (χ0v) is 10.6. The molecule has 1 unspecified atom stereocenters. The quantitative estimate of drug-likeness (QED) is 0.651. The number of methoxy groups -OCH3 is 1. The first-order valence-electron chi connectivity index (χ1n) is 6.28. The van der Waals surface area contributed by atoms with Gasteiger partial charge in [0.25, 0.3) is 0 Å². The van der Waals surface area contributed by atoms with Crippen LogP contribution in [0.25, 0.3) is 0 Å². The van der Waals surface area contributed by atoms with Gasteiger partial charge < -0.3 is 4.74 Å². The van der Waals surface area contributed by atoms with Crippen LogP contribution in [0, 0.1) is 0 Å². The van der Waals surface area contributed by atoms with E-state index in [-0.39, 0.29) is 30.4 Å². The van der Waals surface area contributed by atoms with Crippen LogP contribution in [-0.2, 0) is 19.1 Å². The fourth-order valence-corrected chi connectivity index (χ4v) is 2.59. The van der Waals surface area contributed by atoms with Crippen molar-refractivity contribution in [1.29, 1.82) is 0 Å². The van der Waals surface area contributed by atoms with Crippen molar-refractivity contribution in [2.75, 3.05) is 26.7 Å². The van der Waals surface area contributed by atoms with E-state index in [1.807, 2.05) is 0 Å². The molecule has 0 radical (unpaired) electrons. The largest absolute Gasteiger partial charge is 0.468 e. The van der Waals surface area contributed by atoms with Crippen molar-refractivity contribution >= 4 is 17.8 Å². The Morgan fingerprint density at radius 3 is 2.72 bits per heavy atom. The summed E-state index contributed by atoms with van der Waals surface area (Å²) in [5.41, 5.74) is 0. The summed E-state index contributed by atoms with van der Waals surface area (Å²) in [7, 11) is 1.35. The van der Waals surface area contributed by atoms with E-state index in [1.165, 1.54) is 12.0 Å². The van der Waals surface area contributed by atoms with Gasteiger partial charge >= 0.3 is 5.97 Å². The van der Waals surface area contributed by atoms with Crippen molar-refractivity contribution in [2.24, 2.45) is 0 Å². The van der Waals surface area contributed by atoms with E-state index in [0.29, 0.717) is 25.9 Å². The van der Waals surface area contributed by atoms with Gasteiger partial charge in [0.1, 0.15) is 6.04 Å². The minimum absolute atomic E-state index is 0.103. The standard InChI is InChI=1S/C12H18N2O4/c1-18-12(17)9-4-2-6-13(9)8-11(16)14-7-3-5-10(14)15/h9H,2-8H2,1H3. The van der Waals surface area contributed by atoms with Crippen LogP contribution < -0.4 is 0 Å². The predicted octanol–water partition coefficient (Wildman–Crippen LogP) is -0.227. The number of ether oxygens (including phenoxy) is 1. The number of hydrogen-bond donors (Lipinski definition) is 0. The average molecular weight is 254 g/mol. The fourth-order valence-electron chi connectivity index (χ4n) is 2.59. The van der Waals surface area contributed by atoms with Crippen LogP contribution in [-0.4, -0.2) is 60.4 Å². The van der Waals surface area contributed by atoms with E-state index in [2.05, 4.69) is 0 Å². The van der Waals surface area contributed by atoms with Gasteiger partial charge in [0.2, 0.25) is 11.8 Å². The normalized spacial score (nSPS) is 24.6. The fraction of sp³-hybridized carbons (Fsp3) is 0.750.